The van der Waals surface area contributed by atoms with Gasteiger partial charge in [-0.15, -0.1) is 24.0 Å². The zero-order valence-corrected chi connectivity index (χ0v) is 16.8. The van der Waals surface area contributed by atoms with Crippen LogP contribution >= 0.6 is 24.0 Å². The van der Waals surface area contributed by atoms with Gasteiger partial charge in [-0.05, 0) is 68.9 Å². The molecule has 1 fully saturated rings. The molecule has 0 aliphatic carbocycles. The van der Waals surface area contributed by atoms with Crippen LogP contribution in [0, 0.1) is 5.92 Å². The average molecular weight is 430 g/mol. The predicted molar refractivity (Wildman–Crippen MR) is 111 cm³/mol. The van der Waals surface area contributed by atoms with Crippen molar-refractivity contribution >= 4 is 35.6 Å². The Morgan fingerprint density at radius 2 is 2.04 bits per heavy atom. The molecule has 1 aliphatic rings. The van der Waals surface area contributed by atoms with E-state index in [1.165, 1.54) is 38.0 Å². The first-order valence-electron chi connectivity index (χ1n) is 8.59. The van der Waals surface area contributed by atoms with E-state index in [0.717, 1.165) is 31.0 Å². The van der Waals surface area contributed by atoms with Crippen molar-refractivity contribution in [1.29, 1.82) is 0 Å². The van der Waals surface area contributed by atoms with E-state index in [0.29, 0.717) is 5.96 Å². The summed E-state index contributed by atoms with van der Waals surface area (Å²) in [4.78, 5) is 7.00. The van der Waals surface area contributed by atoms with Crippen molar-refractivity contribution < 1.29 is 0 Å². The number of nitrogens with zero attached hydrogens (tertiary/aromatic N) is 2. The number of rotatable bonds is 6. The Morgan fingerprint density at radius 1 is 1.30 bits per heavy atom. The number of hydrogen-bond donors (Lipinski definition) is 2. The van der Waals surface area contributed by atoms with Gasteiger partial charge in [0.05, 0.1) is 0 Å². The number of halogens is 1. The third kappa shape index (κ3) is 7.08. The van der Waals surface area contributed by atoms with Gasteiger partial charge in [-0.3, -0.25) is 4.99 Å². The Labute approximate surface area is 157 Å². The lowest BCUT2D eigenvalue weighted by molar-refractivity contribution is 0.188. The molecular formula is C18H31IN4. The molecular weight excluding hydrogens is 399 g/mol. The average Bonchev–Trinajstić information content (AvgIpc) is 2.55. The van der Waals surface area contributed by atoms with Gasteiger partial charge in [0, 0.05) is 12.2 Å². The van der Waals surface area contributed by atoms with Crippen LogP contribution in [0.4, 0.5) is 5.69 Å². The molecule has 0 radical (unpaired) electrons. The van der Waals surface area contributed by atoms with Crippen molar-refractivity contribution in [3.8, 4) is 0 Å². The van der Waals surface area contributed by atoms with Gasteiger partial charge in [-0.1, -0.05) is 26.0 Å². The number of piperidine rings is 1. The van der Waals surface area contributed by atoms with E-state index in [-0.39, 0.29) is 24.0 Å². The van der Waals surface area contributed by atoms with Crippen LogP contribution in [0.5, 0.6) is 0 Å². The molecule has 0 spiro atoms. The van der Waals surface area contributed by atoms with Crippen LogP contribution in [-0.2, 0) is 6.42 Å². The molecule has 5 heteroatoms. The monoisotopic (exact) mass is 430 g/mol. The molecule has 2 rings (SSSR count). The zero-order chi connectivity index (χ0) is 15.8. The third-order valence-electron chi connectivity index (χ3n) is 4.58. The van der Waals surface area contributed by atoms with E-state index in [1.807, 2.05) is 6.07 Å². The van der Waals surface area contributed by atoms with Crippen LogP contribution < -0.4 is 11.1 Å². The highest BCUT2D eigenvalue weighted by Crippen LogP contribution is 2.20. The summed E-state index contributed by atoms with van der Waals surface area (Å²) < 4.78 is 0. The van der Waals surface area contributed by atoms with Gasteiger partial charge in [-0.2, -0.15) is 0 Å². The lowest BCUT2D eigenvalue weighted by Crippen LogP contribution is -2.33. The number of aliphatic imine (C=N–C) groups is 1. The number of guanidine groups is 1. The number of hydrogen-bond acceptors (Lipinski definition) is 2. The standard InChI is InChI=1S/C18H30N4.HI/c1-3-15-6-5-7-17(14-15)21-18(19)20-11-8-16-9-12-22(4-2)13-10-16;/h5-7,14,16H,3-4,8-13H2,1-2H3,(H3,19,20,21);1H. The molecule has 0 unspecified atom stereocenters. The second kappa shape index (κ2) is 10.9. The molecule has 0 bridgehead atoms. The highest BCUT2D eigenvalue weighted by atomic mass is 127. The van der Waals surface area contributed by atoms with Gasteiger partial charge in [-0.25, -0.2) is 0 Å². The van der Waals surface area contributed by atoms with Crippen LogP contribution in [-0.4, -0.2) is 37.0 Å². The number of aryl methyl sites for hydroxylation is 1. The van der Waals surface area contributed by atoms with E-state index in [9.17, 15) is 0 Å². The molecule has 0 saturated carbocycles. The second-order valence-corrected chi connectivity index (χ2v) is 6.11. The molecule has 1 aromatic rings. The number of anilines is 1. The smallest absolute Gasteiger partial charge is 0.193 e. The van der Waals surface area contributed by atoms with Crippen molar-refractivity contribution in [2.24, 2.45) is 16.6 Å². The molecule has 130 valence electrons. The highest BCUT2D eigenvalue weighted by Gasteiger charge is 2.17. The maximum absolute atomic E-state index is 5.99. The van der Waals surface area contributed by atoms with E-state index >= 15 is 0 Å². The summed E-state index contributed by atoms with van der Waals surface area (Å²) in [5.41, 5.74) is 8.32. The largest absolute Gasteiger partial charge is 0.370 e. The Morgan fingerprint density at radius 3 is 2.70 bits per heavy atom. The first-order chi connectivity index (χ1) is 10.7. The molecule has 0 amide bonds. The first kappa shape index (κ1) is 20.2. The molecule has 3 N–H and O–H groups in total. The van der Waals surface area contributed by atoms with Crippen LogP contribution in [0.1, 0.15) is 38.7 Å². The summed E-state index contributed by atoms with van der Waals surface area (Å²) in [5, 5.41) is 3.19. The maximum atomic E-state index is 5.99. The molecule has 1 aliphatic heterocycles. The molecule has 0 aromatic heterocycles. The first-order valence-corrected chi connectivity index (χ1v) is 8.59. The van der Waals surface area contributed by atoms with Gasteiger partial charge >= 0.3 is 0 Å². The lowest BCUT2D eigenvalue weighted by Gasteiger charge is -2.30. The zero-order valence-electron chi connectivity index (χ0n) is 14.4. The summed E-state index contributed by atoms with van der Waals surface area (Å²) in [7, 11) is 0. The summed E-state index contributed by atoms with van der Waals surface area (Å²) in [5.74, 6) is 1.34. The number of benzene rings is 1. The van der Waals surface area contributed by atoms with Crippen LogP contribution in [0.2, 0.25) is 0 Å². The van der Waals surface area contributed by atoms with Crippen molar-refractivity contribution in [2.75, 3.05) is 31.5 Å². The minimum absolute atomic E-state index is 0. The van der Waals surface area contributed by atoms with Crippen LogP contribution in [0.15, 0.2) is 29.3 Å². The van der Waals surface area contributed by atoms with E-state index in [1.54, 1.807) is 0 Å². The fourth-order valence-electron chi connectivity index (χ4n) is 3.02. The Kier molecular flexibility index (Phi) is 9.55. The third-order valence-corrected chi connectivity index (χ3v) is 4.58. The molecule has 0 atom stereocenters. The maximum Gasteiger partial charge on any atom is 0.193 e. The highest BCUT2D eigenvalue weighted by molar-refractivity contribution is 14.0. The van der Waals surface area contributed by atoms with Crippen molar-refractivity contribution in [1.82, 2.24) is 4.90 Å². The fourth-order valence-corrected chi connectivity index (χ4v) is 3.02. The fraction of sp³-hybridized carbons (Fsp3) is 0.611. The van der Waals surface area contributed by atoms with Crippen molar-refractivity contribution in [2.45, 2.75) is 39.5 Å². The molecule has 1 aromatic carbocycles. The van der Waals surface area contributed by atoms with Gasteiger partial charge < -0.3 is 16.0 Å². The minimum atomic E-state index is 0. The lowest BCUT2D eigenvalue weighted by atomic mass is 9.94. The predicted octanol–water partition coefficient (Wildman–Crippen LogP) is 3.72. The molecule has 23 heavy (non-hydrogen) atoms. The Balaban J connectivity index is 0.00000264. The van der Waals surface area contributed by atoms with Gasteiger partial charge in [0.1, 0.15) is 0 Å². The second-order valence-electron chi connectivity index (χ2n) is 6.11. The van der Waals surface area contributed by atoms with Gasteiger partial charge in [0.25, 0.3) is 0 Å². The van der Waals surface area contributed by atoms with E-state index in [2.05, 4.69) is 47.3 Å². The van der Waals surface area contributed by atoms with E-state index in [4.69, 9.17) is 5.73 Å². The number of likely N-dealkylation sites (tertiary alicyclic amines) is 1. The summed E-state index contributed by atoms with van der Waals surface area (Å²) >= 11 is 0. The minimum Gasteiger partial charge on any atom is -0.370 e. The number of nitrogens with one attached hydrogen (secondary N) is 1. The Bertz CT molecular complexity index is 482. The number of nitrogens with two attached hydrogens (primary N) is 1. The van der Waals surface area contributed by atoms with Gasteiger partial charge in [0.2, 0.25) is 0 Å². The summed E-state index contributed by atoms with van der Waals surface area (Å²) in [6.45, 7) is 8.87. The summed E-state index contributed by atoms with van der Waals surface area (Å²) in [6.07, 6.45) is 4.78. The Hall–Kier alpha value is -0.820. The summed E-state index contributed by atoms with van der Waals surface area (Å²) in [6, 6.07) is 8.34. The molecule has 4 nitrogen and oxygen atoms in total. The van der Waals surface area contributed by atoms with Crippen molar-refractivity contribution in [3.63, 3.8) is 0 Å². The van der Waals surface area contributed by atoms with Crippen molar-refractivity contribution in [3.05, 3.63) is 29.8 Å². The topological polar surface area (TPSA) is 53.6 Å². The van der Waals surface area contributed by atoms with Crippen LogP contribution in [0.3, 0.4) is 0 Å². The quantitative estimate of drug-likeness (QED) is 0.411. The van der Waals surface area contributed by atoms with Gasteiger partial charge in [0.15, 0.2) is 5.96 Å². The molecule has 1 heterocycles. The molecule has 1 saturated heterocycles. The van der Waals surface area contributed by atoms with Crippen LogP contribution in [0.25, 0.3) is 0 Å². The van der Waals surface area contributed by atoms with E-state index < -0.39 is 0 Å². The SMILES string of the molecule is CCc1cccc(NC(N)=NCCC2CCN(CC)CC2)c1.I. The normalized spacial score (nSPS) is 16.9.